The van der Waals surface area contributed by atoms with Crippen molar-refractivity contribution in [3.05, 3.63) is 53.8 Å². The molecular formula is C22H23FN2O3. The predicted octanol–water partition coefficient (Wildman–Crippen LogP) is 2.98. The van der Waals surface area contributed by atoms with Gasteiger partial charge in [-0.3, -0.25) is 4.79 Å². The molecule has 1 aliphatic carbocycles. The summed E-state index contributed by atoms with van der Waals surface area (Å²) in [7, 11) is 0. The monoisotopic (exact) mass is 382 g/mol. The molecule has 1 saturated carbocycles. The average Bonchev–Trinajstić information content (AvgIpc) is 3.56. The van der Waals surface area contributed by atoms with Crippen LogP contribution in [-0.2, 0) is 10.2 Å². The van der Waals surface area contributed by atoms with Gasteiger partial charge in [-0.1, -0.05) is 6.07 Å². The smallest absolute Gasteiger partial charge is 0.233 e. The van der Waals surface area contributed by atoms with Crippen LogP contribution in [0.5, 0.6) is 11.5 Å². The molecule has 0 atom stereocenters. The first-order valence-electron chi connectivity index (χ1n) is 9.86. The predicted molar refractivity (Wildman–Crippen MR) is 104 cm³/mol. The maximum Gasteiger partial charge on any atom is 0.233 e. The van der Waals surface area contributed by atoms with E-state index in [1.54, 1.807) is 12.1 Å². The van der Waals surface area contributed by atoms with Gasteiger partial charge in [0, 0.05) is 31.9 Å². The Hall–Kier alpha value is -2.76. The van der Waals surface area contributed by atoms with Crippen molar-refractivity contribution in [3.8, 4) is 11.5 Å². The Bertz CT molecular complexity index is 887. The zero-order valence-electron chi connectivity index (χ0n) is 15.7. The minimum absolute atomic E-state index is 0.211. The van der Waals surface area contributed by atoms with Gasteiger partial charge >= 0.3 is 0 Å². The van der Waals surface area contributed by atoms with E-state index in [2.05, 4.69) is 4.90 Å². The van der Waals surface area contributed by atoms with Crippen LogP contribution >= 0.6 is 0 Å². The Morgan fingerprint density at radius 1 is 0.893 bits per heavy atom. The summed E-state index contributed by atoms with van der Waals surface area (Å²) in [6.45, 7) is 3.99. The van der Waals surface area contributed by atoms with Crippen LogP contribution in [0.1, 0.15) is 18.4 Å². The molecule has 146 valence electrons. The number of piperazine rings is 1. The van der Waals surface area contributed by atoms with E-state index in [1.165, 1.54) is 12.1 Å². The van der Waals surface area contributed by atoms with Crippen LogP contribution in [0.25, 0.3) is 0 Å². The number of amides is 1. The van der Waals surface area contributed by atoms with Gasteiger partial charge in [0.05, 0.1) is 5.41 Å². The van der Waals surface area contributed by atoms with Gasteiger partial charge in [0.15, 0.2) is 11.5 Å². The number of carbonyl (C=O) groups excluding carboxylic acids is 1. The summed E-state index contributed by atoms with van der Waals surface area (Å²) < 4.78 is 24.4. The molecule has 0 radical (unpaired) electrons. The van der Waals surface area contributed by atoms with Crippen molar-refractivity contribution in [2.45, 2.75) is 18.3 Å². The molecule has 6 heteroatoms. The van der Waals surface area contributed by atoms with Crippen molar-refractivity contribution < 1.29 is 18.7 Å². The number of nitrogens with zero attached hydrogens (tertiary/aromatic N) is 2. The number of hydrogen-bond acceptors (Lipinski definition) is 4. The normalized spacial score (nSPS) is 20.0. The molecule has 2 aliphatic heterocycles. The summed E-state index contributed by atoms with van der Waals surface area (Å²) in [5.74, 6) is 1.48. The zero-order valence-corrected chi connectivity index (χ0v) is 15.7. The van der Waals surface area contributed by atoms with Gasteiger partial charge in [0.25, 0.3) is 0 Å². The Balaban J connectivity index is 1.28. The van der Waals surface area contributed by atoms with Crippen molar-refractivity contribution in [2.75, 3.05) is 44.3 Å². The highest BCUT2D eigenvalue weighted by Crippen LogP contribution is 2.51. The fraction of sp³-hybridized carbons (Fsp3) is 0.409. The van der Waals surface area contributed by atoms with E-state index in [-0.39, 0.29) is 11.7 Å². The summed E-state index contributed by atoms with van der Waals surface area (Å²) in [6.07, 6.45) is 1.76. The van der Waals surface area contributed by atoms with E-state index < -0.39 is 5.41 Å². The second-order valence-electron chi connectivity index (χ2n) is 7.70. The highest BCUT2D eigenvalue weighted by atomic mass is 19.1. The Morgan fingerprint density at radius 3 is 2.25 bits per heavy atom. The number of fused-ring (bicyclic) bond motifs is 1. The minimum Gasteiger partial charge on any atom is -0.486 e. The quantitative estimate of drug-likeness (QED) is 0.819. The lowest BCUT2D eigenvalue weighted by Gasteiger charge is -2.38. The fourth-order valence-electron chi connectivity index (χ4n) is 4.21. The Morgan fingerprint density at radius 2 is 1.57 bits per heavy atom. The number of rotatable bonds is 3. The van der Waals surface area contributed by atoms with Crippen LogP contribution in [0.4, 0.5) is 10.1 Å². The highest BCUT2D eigenvalue weighted by Gasteiger charge is 2.53. The molecule has 2 fully saturated rings. The molecule has 5 rings (SSSR count). The average molecular weight is 382 g/mol. The SMILES string of the molecule is O=C(N1CCN(c2ccc(F)cc2)CC1)C1(c2ccc3c(c2)OCCO3)CC1. The lowest BCUT2D eigenvalue weighted by molar-refractivity contribution is -0.134. The maximum atomic E-state index is 13.3. The van der Waals surface area contributed by atoms with Crippen LogP contribution < -0.4 is 14.4 Å². The Labute approximate surface area is 163 Å². The number of carbonyl (C=O) groups is 1. The van der Waals surface area contributed by atoms with E-state index >= 15 is 0 Å². The molecule has 1 saturated heterocycles. The molecule has 5 nitrogen and oxygen atoms in total. The molecule has 28 heavy (non-hydrogen) atoms. The van der Waals surface area contributed by atoms with E-state index in [9.17, 15) is 9.18 Å². The molecule has 2 aromatic rings. The van der Waals surface area contributed by atoms with Crippen LogP contribution in [0.3, 0.4) is 0 Å². The molecule has 2 heterocycles. The third-order valence-corrected chi connectivity index (χ3v) is 6.01. The lowest BCUT2D eigenvalue weighted by Crippen LogP contribution is -2.51. The lowest BCUT2D eigenvalue weighted by atomic mass is 9.93. The summed E-state index contributed by atoms with van der Waals surface area (Å²) in [5, 5.41) is 0. The van der Waals surface area contributed by atoms with Gasteiger partial charge in [0.1, 0.15) is 19.0 Å². The molecular weight excluding hydrogens is 359 g/mol. The summed E-state index contributed by atoms with van der Waals surface area (Å²) >= 11 is 0. The van der Waals surface area contributed by atoms with Gasteiger partial charge in [-0.25, -0.2) is 4.39 Å². The fourth-order valence-corrected chi connectivity index (χ4v) is 4.21. The van der Waals surface area contributed by atoms with E-state index in [4.69, 9.17) is 9.47 Å². The molecule has 0 bridgehead atoms. The van der Waals surface area contributed by atoms with Crippen molar-refractivity contribution in [2.24, 2.45) is 0 Å². The molecule has 2 aromatic carbocycles. The van der Waals surface area contributed by atoms with Crippen molar-refractivity contribution in [1.82, 2.24) is 4.90 Å². The van der Waals surface area contributed by atoms with Crippen LogP contribution in [-0.4, -0.2) is 50.2 Å². The molecule has 3 aliphatic rings. The van der Waals surface area contributed by atoms with Crippen LogP contribution in [0, 0.1) is 5.82 Å². The Kier molecular flexibility index (Phi) is 4.14. The second-order valence-corrected chi connectivity index (χ2v) is 7.70. The third-order valence-electron chi connectivity index (χ3n) is 6.01. The molecule has 0 N–H and O–H groups in total. The van der Waals surface area contributed by atoms with E-state index in [0.717, 1.165) is 48.7 Å². The first-order valence-corrected chi connectivity index (χ1v) is 9.86. The van der Waals surface area contributed by atoms with Crippen molar-refractivity contribution in [1.29, 1.82) is 0 Å². The van der Waals surface area contributed by atoms with Crippen molar-refractivity contribution >= 4 is 11.6 Å². The van der Waals surface area contributed by atoms with Gasteiger partial charge in [-0.15, -0.1) is 0 Å². The number of ether oxygens (including phenoxy) is 2. The van der Waals surface area contributed by atoms with E-state index in [0.29, 0.717) is 26.3 Å². The minimum atomic E-state index is -0.409. The largest absolute Gasteiger partial charge is 0.486 e. The van der Waals surface area contributed by atoms with Crippen LogP contribution in [0.15, 0.2) is 42.5 Å². The number of benzene rings is 2. The molecule has 1 amide bonds. The first-order chi connectivity index (χ1) is 13.7. The summed E-state index contributed by atoms with van der Waals surface area (Å²) in [5.41, 5.74) is 1.62. The van der Waals surface area contributed by atoms with Crippen molar-refractivity contribution in [3.63, 3.8) is 0 Å². The second kappa shape index (κ2) is 6.69. The number of anilines is 1. The third kappa shape index (κ3) is 2.97. The first kappa shape index (κ1) is 17.3. The maximum absolute atomic E-state index is 13.3. The molecule has 0 aromatic heterocycles. The standard InChI is InChI=1S/C22H23FN2O3/c23-17-2-4-18(5-3-17)24-9-11-25(12-10-24)21(26)22(7-8-22)16-1-6-19-20(15-16)28-14-13-27-19/h1-6,15H,7-14H2. The van der Waals surface area contributed by atoms with Gasteiger partial charge in [-0.05, 0) is 54.8 Å². The van der Waals surface area contributed by atoms with E-state index in [1.807, 2.05) is 23.1 Å². The van der Waals surface area contributed by atoms with Gasteiger partial charge in [-0.2, -0.15) is 0 Å². The summed E-state index contributed by atoms with van der Waals surface area (Å²) in [4.78, 5) is 17.5. The number of hydrogen-bond donors (Lipinski definition) is 0. The molecule has 0 unspecified atom stereocenters. The van der Waals surface area contributed by atoms with Crippen LogP contribution in [0.2, 0.25) is 0 Å². The topological polar surface area (TPSA) is 42.0 Å². The number of halogens is 1. The van der Waals surface area contributed by atoms with Gasteiger partial charge in [0.2, 0.25) is 5.91 Å². The summed E-state index contributed by atoms with van der Waals surface area (Å²) in [6, 6.07) is 12.5. The molecule has 0 spiro atoms. The van der Waals surface area contributed by atoms with Gasteiger partial charge < -0.3 is 19.3 Å². The zero-order chi connectivity index (χ0) is 19.1. The highest BCUT2D eigenvalue weighted by molar-refractivity contribution is 5.91.